The number of carbonyl (C=O) groups excluding carboxylic acids is 1. The summed E-state index contributed by atoms with van der Waals surface area (Å²) in [4.78, 5) is 25.9. The van der Waals surface area contributed by atoms with Gasteiger partial charge in [0.1, 0.15) is 11.6 Å². The van der Waals surface area contributed by atoms with Gasteiger partial charge in [-0.15, -0.1) is 0 Å². The Morgan fingerprint density at radius 1 is 1.11 bits per heavy atom. The zero-order chi connectivity index (χ0) is 27.0. The van der Waals surface area contributed by atoms with Gasteiger partial charge in [0, 0.05) is 29.8 Å². The van der Waals surface area contributed by atoms with Gasteiger partial charge in [0.25, 0.3) is 10.0 Å². The first-order chi connectivity index (χ1) is 18.2. The molecule has 0 spiro atoms. The Bertz CT molecular complexity index is 1620. The molecule has 1 aliphatic rings. The summed E-state index contributed by atoms with van der Waals surface area (Å²) >= 11 is 0. The molecule has 2 atom stereocenters. The van der Waals surface area contributed by atoms with Gasteiger partial charge in [-0.05, 0) is 56.4 Å². The summed E-state index contributed by atoms with van der Waals surface area (Å²) < 4.78 is 47.6. The molecular weight excluding hydrogens is 507 g/mol. The second kappa shape index (κ2) is 10.2. The molecule has 4 aromatic rings. The van der Waals surface area contributed by atoms with Gasteiger partial charge < -0.3 is 4.74 Å². The van der Waals surface area contributed by atoms with E-state index in [1.54, 1.807) is 18.3 Å². The van der Waals surface area contributed by atoms with Gasteiger partial charge in [0.15, 0.2) is 5.65 Å². The van der Waals surface area contributed by atoms with E-state index in [-0.39, 0.29) is 28.3 Å². The summed E-state index contributed by atoms with van der Waals surface area (Å²) in [7, 11) is -2.61. The molecule has 198 valence electrons. The normalized spacial score (nSPS) is 18.0. The van der Waals surface area contributed by atoms with E-state index in [4.69, 9.17) is 9.72 Å². The molecule has 0 aliphatic heterocycles. The molecule has 0 bridgehead atoms. The van der Waals surface area contributed by atoms with Crippen molar-refractivity contribution >= 4 is 27.0 Å². The third-order valence-corrected chi connectivity index (χ3v) is 8.95. The monoisotopic (exact) mass is 536 g/mol. The minimum Gasteiger partial charge on any atom is -0.469 e. The van der Waals surface area contributed by atoms with Crippen molar-refractivity contribution in [1.29, 1.82) is 0 Å². The highest BCUT2D eigenvalue weighted by Crippen LogP contribution is 2.35. The van der Waals surface area contributed by atoms with Gasteiger partial charge in [-0.1, -0.05) is 30.5 Å². The number of aryl methyl sites for hydroxylation is 2. The molecule has 0 radical (unpaired) electrons. The molecule has 1 aromatic carbocycles. The van der Waals surface area contributed by atoms with Crippen molar-refractivity contribution in [3.8, 4) is 11.3 Å². The van der Waals surface area contributed by atoms with Crippen molar-refractivity contribution in [2.45, 2.75) is 50.8 Å². The molecule has 1 aliphatic carbocycles. The Balaban J connectivity index is 1.60. The zero-order valence-electron chi connectivity index (χ0n) is 21.5. The number of pyridine rings is 1. The molecule has 3 heterocycles. The quantitative estimate of drug-likeness (QED) is 0.319. The maximum atomic E-state index is 14.3. The number of ether oxygens (including phenoxy) is 1. The van der Waals surface area contributed by atoms with Crippen LogP contribution < -0.4 is 0 Å². The Hall–Kier alpha value is -3.66. The van der Waals surface area contributed by atoms with Crippen LogP contribution in [0.3, 0.4) is 0 Å². The number of fused-ring (bicyclic) bond motifs is 1. The number of halogens is 1. The van der Waals surface area contributed by atoms with E-state index in [1.165, 1.54) is 31.5 Å². The maximum Gasteiger partial charge on any atom is 0.308 e. The van der Waals surface area contributed by atoms with Crippen molar-refractivity contribution in [3.05, 3.63) is 71.7 Å². The van der Waals surface area contributed by atoms with Crippen molar-refractivity contribution in [2.75, 3.05) is 7.11 Å². The SMILES string of the molecule is COC(=O)[C@H]1CCCCC1Cc1ncc(C)c(-c2cn(S(=O)(=O)c3ccc(C)cc3)c3ncc(F)cc23)n1. The molecule has 0 saturated heterocycles. The Morgan fingerprint density at radius 2 is 1.84 bits per heavy atom. The Labute approximate surface area is 221 Å². The molecular formula is C28H29FN4O4S. The third kappa shape index (κ3) is 4.80. The van der Waals surface area contributed by atoms with Gasteiger partial charge in [0.2, 0.25) is 0 Å². The predicted octanol–water partition coefficient (Wildman–Crippen LogP) is 5.01. The second-order valence-corrected chi connectivity index (χ2v) is 11.7. The molecule has 8 nitrogen and oxygen atoms in total. The van der Waals surface area contributed by atoms with Crippen LogP contribution in [0.2, 0.25) is 0 Å². The Kier molecular flexibility index (Phi) is 7.00. The van der Waals surface area contributed by atoms with Crippen molar-refractivity contribution in [3.63, 3.8) is 0 Å². The Morgan fingerprint density at radius 3 is 2.58 bits per heavy atom. The molecule has 1 unspecified atom stereocenters. The lowest BCUT2D eigenvalue weighted by Gasteiger charge is -2.29. The lowest BCUT2D eigenvalue weighted by molar-refractivity contribution is -0.148. The highest BCUT2D eigenvalue weighted by atomic mass is 32.2. The highest BCUT2D eigenvalue weighted by Gasteiger charge is 2.32. The van der Waals surface area contributed by atoms with E-state index < -0.39 is 15.8 Å². The van der Waals surface area contributed by atoms with Crippen LogP contribution in [-0.4, -0.2) is 40.4 Å². The minimum absolute atomic E-state index is 0.0501. The molecule has 1 saturated carbocycles. The van der Waals surface area contributed by atoms with E-state index in [0.717, 1.165) is 41.4 Å². The topological polar surface area (TPSA) is 104 Å². The number of carbonyl (C=O) groups is 1. The molecule has 5 rings (SSSR count). The maximum absolute atomic E-state index is 14.3. The second-order valence-electron chi connectivity index (χ2n) is 9.88. The van der Waals surface area contributed by atoms with Gasteiger partial charge in [-0.2, -0.15) is 0 Å². The highest BCUT2D eigenvalue weighted by molar-refractivity contribution is 7.90. The smallest absolute Gasteiger partial charge is 0.308 e. The third-order valence-electron chi connectivity index (χ3n) is 7.29. The van der Waals surface area contributed by atoms with Crippen LogP contribution in [-0.2, 0) is 26.0 Å². The average molecular weight is 537 g/mol. The summed E-state index contributed by atoms with van der Waals surface area (Å²) in [5.74, 6) is -0.415. The van der Waals surface area contributed by atoms with E-state index in [9.17, 15) is 17.6 Å². The number of hydrogen-bond acceptors (Lipinski definition) is 7. The number of rotatable bonds is 6. The minimum atomic E-state index is -4.01. The fourth-order valence-corrected chi connectivity index (χ4v) is 6.57. The average Bonchev–Trinajstić information content (AvgIpc) is 3.29. The van der Waals surface area contributed by atoms with E-state index in [2.05, 4.69) is 9.97 Å². The zero-order valence-corrected chi connectivity index (χ0v) is 22.3. The molecule has 38 heavy (non-hydrogen) atoms. The van der Waals surface area contributed by atoms with Gasteiger partial charge in [0.05, 0.1) is 29.8 Å². The van der Waals surface area contributed by atoms with Gasteiger partial charge in [-0.25, -0.2) is 31.7 Å². The number of esters is 1. The van der Waals surface area contributed by atoms with Crippen molar-refractivity contribution in [1.82, 2.24) is 18.9 Å². The fourth-order valence-electron chi connectivity index (χ4n) is 5.25. The van der Waals surface area contributed by atoms with E-state index >= 15 is 0 Å². The lowest BCUT2D eigenvalue weighted by Crippen LogP contribution is -2.30. The van der Waals surface area contributed by atoms with Crippen LogP contribution in [0.5, 0.6) is 0 Å². The van der Waals surface area contributed by atoms with Crippen LogP contribution in [0.15, 0.2) is 53.8 Å². The van der Waals surface area contributed by atoms with Crippen LogP contribution in [0.1, 0.15) is 42.6 Å². The lowest BCUT2D eigenvalue weighted by atomic mass is 9.77. The number of nitrogens with zero attached hydrogens (tertiary/aromatic N) is 4. The number of aromatic nitrogens is 4. The first-order valence-corrected chi connectivity index (χ1v) is 14.0. The summed E-state index contributed by atoms with van der Waals surface area (Å²) in [6, 6.07) is 7.79. The summed E-state index contributed by atoms with van der Waals surface area (Å²) in [6.45, 7) is 3.70. The number of benzene rings is 1. The van der Waals surface area contributed by atoms with Gasteiger partial charge in [-0.3, -0.25) is 4.79 Å². The molecule has 0 amide bonds. The van der Waals surface area contributed by atoms with E-state index in [1.807, 2.05) is 13.8 Å². The van der Waals surface area contributed by atoms with Crippen LogP contribution >= 0.6 is 0 Å². The standard InChI is InChI=1S/C28H29FN4O4S/c1-17-8-10-21(11-9-17)38(35,36)33-16-24(23-13-20(29)15-31-27(23)33)26-18(2)14-30-25(32-26)12-19-6-4-5-7-22(19)28(34)37-3/h8-11,13-16,19,22H,4-7,12H2,1-3H3/t19?,22-/m0/s1. The predicted molar refractivity (Wildman–Crippen MR) is 140 cm³/mol. The molecule has 1 fully saturated rings. The first-order valence-electron chi connectivity index (χ1n) is 12.6. The van der Waals surface area contributed by atoms with Crippen molar-refractivity contribution < 1.29 is 22.3 Å². The van der Waals surface area contributed by atoms with Crippen LogP contribution in [0.4, 0.5) is 4.39 Å². The molecule has 3 aromatic heterocycles. The first kappa shape index (κ1) is 26.0. The largest absolute Gasteiger partial charge is 0.469 e. The van der Waals surface area contributed by atoms with Crippen molar-refractivity contribution in [2.24, 2.45) is 11.8 Å². The summed E-state index contributed by atoms with van der Waals surface area (Å²) in [6.07, 6.45) is 8.25. The number of hydrogen-bond donors (Lipinski definition) is 0. The summed E-state index contributed by atoms with van der Waals surface area (Å²) in [5, 5.41) is 0.332. The molecule has 10 heteroatoms. The van der Waals surface area contributed by atoms with Gasteiger partial charge >= 0.3 is 5.97 Å². The van der Waals surface area contributed by atoms with Crippen LogP contribution in [0.25, 0.3) is 22.3 Å². The summed E-state index contributed by atoms with van der Waals surface area (Å²) in [5.41, 5.74) is 2.68. The van der Waals surface area contributed by atoms with E-state index in [0.29, 0.717) is 34.5 Å². The number of methoxy groups -OCH3 is 1. The molecule has 0 N–H and O–H groups in total. The van der Waals surface area contributed by atoms with Crippen LogP contribution in [0, 0.1) is 31.5 Å². The fraction of sp³-hybridized carbons (Fsp3) is 0.357.